The molecule has 0 heterocycles. The van der Waals surface area contributed by atoms with Gasteiger partial charge < -0.3 is 0 Å². The Labute approximate surface area is 91.5 Å². The topological polar surface area (TPSA) is 17.1 Å². The van der Waals surface area contributed by atoms with E-state index in [0.29, 0.717) is 17.5 Å². The van der Waals surface area contributed by atoms with E-state index in [4.69, 9.17) is 0 Å². The van der Waals surface area contributed by atoms with Gasteiger partial charge in [-0.2, -0.15) is 0 Å². The summed E-state index contributed by atoms with van der Waals surface area (Å²) in [5, 5.41) is 0. The van der Waals surface area contributed by atoms with Gasteiger partial charge >= 0.3 is 0 Å². The van der Waals surface area contributed by atoms with E-state index < -0.39 is 4.83 Å². The van der Waals surface area contributed by atoms with Crippen molar-refractivity contribution >= 4 is 21.7 Å². The highest BCUT2D eigenvalue weighted by molar-refractivity contribution is 9.09. The molecule has 0 spiro atoms. The molecule has 0 fully saturated rings. The molecule has 14 heavy (non-hydrogen) atoms. The number of aryl methyl sites for hydroxylation is 1. The summed E-state index contributed by atoms with van der Waals surface area (Å²) in [6.45, 7) is 3.33. The molecule has 0 saturated heterocycles. The molecule has 3 heteroatoms. The van der Waals surface area contributed by atoms with Crippen molar-refractivity contribution in [3.05, 3.63) is 35.1 Å². The van der Waals surface area contributed by atoms with Crippen molar-refractivity contribution in [2.75, 3.05) is 0 Å². The summed E-state index contributed by atoms with van der Waals surface area (Å²) in [6, 6.07) is 5.14. The van der Waals surface area contributed by atoms with Crippen LogP contribution in [0.15, 0.2) is 18.2 Å². The number of carbonyl (C=O) groups is 1. The number of hydrogen-bond acceptors (Lipinski definition) is 1. The third-order valence-corrected chi connectivity index (χ3v) is 3.26. The second kappa shape index (κ2) is 4.69. The van der Waals surface area contributed by atoms with Gasteiger partial charge in [-0.1, -0.05) is 41.1 Å². The highest BCUT2D eigenvalue weighted by atomic mass is 79.9. The van der Waals surface area contributed by atoms with Gasteiger partial charge in [0.1, 0.15) is 16.4 Å². The number of halogens is 2. The SMILES string of the molecule is CCc1cccc(C(Br)C(C)=O)c1F. The lowest BCUT2D eigenvalue weighted by Crippen LogP contribution is -2.05. The summed E-state index contributed by atoms with van der Waals surface area (Å²) in [6.07, 6.45) is 0.636. The van der Waals surface area contributed by atoms with Crippen molar-refractivity contribution in [2.45, 2.75) is 25.1 Å². The van der Waals surface area contributed by atoms with Crippen molar-refractivity contribution < 1.29 is 9.18 Å². The van der Waals surface area contributed by atoms with Gasteiger partial charge in [0.25, 0.3) is 0 Å². The summed E-state index contributed by atoms with van der Waals surface area (Å²) in [7, 11) is 0. The summed E-state index contributed by atoms with van der Waals surface area (Å²) in [4.78, 5) is 10.5. The Bertz CT molecular complexity index is 349. The van der Waals surface area contributed by atoms with Crippen LogP contribution in [0.2, 0.25) is 0 Å². The molecule has 1 rings (SSSR count). The molecule has 1 unspecified atom stereocenters. The molecular formula is C11H12BrFO. The monoisotopic (exact) mass is 258 g/mol. The first kappa shape index (κ1) is 11.4. The van der Waals surface area contributed by atoms with Gasteiger partial charge in [-0.25, -0.2) is 4.39 Å². The highest BCUT2D eigenvalue weighted by Gasteiger charge is 2.18. The van der Waals surface area contributed by atoms with E-state index in [2.05, 4.69) is 15.9 Å². The molecule has 0 N–H and O–H groups in total. The second-order valence-electron chi connectivity index (χ2n) is 3.15. The van der Waals surface area contributed by atoms with Crippen LogP contribution in [0.25, 0.3) is 0 Å². The molecule has 0 aliphatic carbocycles. The fraction of sp³-hybridized carbons (Fsp3) is 0.364. The van der Waals surface area contributed by atoms with Gasteiger partial charge in [0, 0.05) is 5.56 Å². The van der Waals surface area contributed by atoms with Crippen molar-refractivity contribution in [1.82, 2.24) is 0 Å². The van der Waals surface area contributed by atoms with Crippen molar-refractivity contribution in [2.24, 2.45) is 0 Å². The van der Waals surface area contributed by atoms with Crippen LogP contribution in [0.3, 0.4) is 0 Å². The third kappa shape index (κ3) is 2.21. The lowest BCUT2D eigenvalue weighted by atomic mass is 10.0. The predicted octanol–water partition coefficient (Wildman–Crippen LogP) is 3.41. The molecule has 1 nitrogen and oxygen atoms in total. The van der Waals surface area contributed by atoms with E-state index >= 15 is 0 Å². The molecule has 1 aromatic rings. The highest BCUT2D eigenvalue weighted by Crippen LogP contribution is 2.27. The molecule has 0 aliphatic rings. The molecule has 0 aromatic heterocycles. The zero-order valence-electron chi connectivity index (χ0n) is 8.18. The molecular weight excluding hydrogens is 247 g/mol. The second-order valence-corrected chi connectivity index (χ2v) is 4.06. The molecule has 0 aliphatic heterocycles. The van der Waals surface area contributed by atoms with Gasteiger partial charge in [-0.05, 0) is 18.9 Å². The first-order valence-electron chi connectivity index (χ1n) is 4.49. The minimum absolute atomic E-state index is 0.0860. The van der Waals surface area contributed by atoms with E-state index in [0.717, 1.165) is 0 Å². The Morgan fingerprint density at radius 1 is 1.57 bits per heavy atom. The molecule has 0 bridgehead atoms. The van der Waals surface area contributed by atoms with E-state index in [1.807, 2.05) is 6.92 Å². The Hall–Kier alpha value is -0.700. The van der Waals surface area contributed by atoms with Crippen LogP contribution in [0.5, 0.6) is 0 Å². The minimum atomic E-state index is -0.533. The van der Waals surface area contributed by atoms with Gasteiger partial charge in [0.15, 0.2) is 0 Å². The number of alkyl halides is 1. The summed E-state index contributed by atoms with van der Waals surface area (Å²) in [5.74, 6) is -0.357. The number of ketones is 1. The van der Waals surface area contributed by atoms with Gasteiger partial charge in [-0.15, -0.1) is 0 Å². The maximum absolute atomic E-state index is 13.7. The fourth-order valence-corrected chi connectivity index (χ4v) is 1.64. The average Bonchev–Trinajstić information content (AvgIpc) is 2.17. The lowest BCUT2D eigenvalue weighted by Gasteiger charge is -2.09. The smallest absolute Gasteiger partial charge is 0.147 e. The zero-order chi connectivity index (χ0) is 10.7. The molecule has 1 aromatic carbocycles. The minimum Gasteiger partial charge on any atom is -0.298 e. The number of Topliss-reactive ketones (excluding diaryl/α,β-unsaturated/α-hetero) is 1. The zero-order valence-corrected chi connectivity index (χ0v) is 9.77. The van der Waals surface area contributed by atoms with Crippen LogP contribution in [0, 0.1) is 5.82 Å². The normalized spacial score (nSPS) is 12.6. The van der Waals surface area contributed by atoms with Crippen LogP contribution in [0.4, 0.5) is 4.39 Å². The quantitative estimate of drug-likeness (QED) is 0.760. The number of carbonyl (C=O) groups excluding carboxylic acids is 1. The van der Waals surface area contributed by atoms with Crippen molar-refractivity contribution in [3.63, 3.8) is 0 Å². The Morgan fingerprint density at radius 3 is 2.71 bits per heavy atom. The fourth-order valence-electron chi connectivity index (χ4n) is 1.29. The van der Waals surface area contributed by atoms with Crippen LogP contribution in [-0.4, -0.2) is 5.78 Å². The van der Waals surface area contributed by atoms with Crippen LogP contribution < -0.4 is 0 Å². The molecule has 1 atom stereocenters. The summed E-state index contributed by atoms with van der Waals surface area (Å²) >= 11 is 3.17. The lowest BCUT2D eigenvalue weighted by molar-refractivity contribution is -0.116. The molecule has 0 saturated carbocycles. The van der Waals surface area contributed by atoms with Gasteiger partial charge in [0.2, 0.25) is 0 Å². The van der Waals surface area contributed by atoms with Gasteiger partial charge in [-0.3, -0.25) is 4.79 Å². The largest absolute Gasteiger partial charge is 0.298 e. The van der Waals surface area contributed by atoms with Crippen LogP contribution >= 0.6 is 15.9 Å². The van der Waals surface area contributed by atoms with Crippen LogP contribution in [0.1, 0.15) is 29.8 Å². The van der Waals surface area contributed by atoms with E-state index in [9.17, 15) is 9.18 Å². The average molecular weight is 259 g/mol. The van der Waals surface area contributed by atoms with E-state index in [-0.39, 0.29) is 11.6 Å². The van der Waals surface area contributed by atoms with E-state index in [1.165, 1.54) is 6.92 Å². The first-order valence-corrected chi connectivity index (χ1v) is 5.41. The van der Waals surface area contributed by atoms with Gasteiger partial charge in [0.05, 0.1) is 0 Å². The molecule has 76 valence electrons. The van der Waals surface area contributed by atoms with E-state index in [1.54, 1.807) is 18.2 Å². The predicted molar refractivity (Wildman–Crippen MR) is 58.1 cm³/mol. The third-order valence-electron chi connectivity index (χ3n) is 2.12. The maximum Gasteiger partial charge on any atom is 0.147 e. The van der Waals surface area contributed by atoms with Crippen molar-refractivity contribution in [1.29, 1.82) is 0 Å². The van der Waals surface area contributed by atoms with Crippen molar-refractivity contribution in [3.8, 4) is 0 Å². The number of rotatable bonds is 3. The molecule has 0 amide bonds. The summed E-state index contributed by atoms with van der Waals surface area (Å²) in [5.41, 5.74) is 1.07. The first-order chi connectivity index (χ1) is 6.57. The van der Waals surface area contributed by atoms with Crippen LogP contribution in [-0.2, 0) is 11.2 Å². The summed E-state index contributed by atoms with van der Waals surface area (Å²) < 4.78 is 13.7. The maximum atomic E-state index is 13.7. The standard InChI is InChI=1S/C11H12BrFO/c1-3-8-5-4-6-9(11(8)13)10(12)7(2)14/h4-6,10H,3H2,1-2H3. The Morgan fingerprint density at radius 2 is 2.21 bits per heavy atom. The number of hydrogen-bond donors (Lipinski definition) is 0. The molecule has 0 radical (unpaired) electrons. The Kier molecular flexibility index (Phi) is 3.81. The Balaban J connectivity index is 3.15. The number of benzene rings is 1.